The molecule has 5 heteroatoms. The summed E-state index contributed by atoms with van der Waals surface area (Å²) in [7, 11) is 1.95. The van der Waals surface area contributed by atoms with Crippen LogP contribution >= 0.6 is 0 Å². The average molecular weight is 265 g/mol. The first kappa shape index (κ1) is 14.0. The maximum Gasteiger partial charge on any atom is 0.238 e. The number of likely N-dealkylation sites (N-methyl/N-ethyl adjacent to an activating group) is 1. The molecule has 0 spiro atoms. The van der Waals surface area contributed by atoms with Crippen LogP contribution in [0.1, 0.15) is 5.56 Å². The van der Waals surface area contributed by atoms with Gasteiger partial charge in [0.2, 0.25) is 5.91 Å². The summed E-state index contributed by atoms with van der Waals surface area (Å²) >= 11 is 0. The molecule has 1 fully saturated rings. The van der Waals surface area contributed by atoms with Crippen molar-refractivity contribution in [3.05, 3.63) is 35.6 Å². The number of carbonyl (C=O) groups excluding carboxylic acids is 1. The second-order valence-corrected chi connectivity index (χ2v) is 4.83. The van der Waals surface area contributed by atoms with E-state index in [9.17, 15) is 9.18 Å². The summed E-state index contributed by atoms with van der Waals surface area (Å²) in [5.41, 5.74) is 0.637. The Labute approximate surface area is 113 Å². The molecule has 2 N–H and O–H groups in total. The molecule has 104 valence electrons. The Kier molecular flexibility index (Phi) is 4.87. The summed E-state index contributed by atoms with van der Waals surface area (Å²) in [6.07, 6.45) is 0.516. The quantitative estimate of drug-likeness (QED) is 0.827. The number of rotatable bonds is 4. The molecular weight excluding hydrogens is 245 g/mol. The molecule has 1 aromatic carbocycles. The van der Waals surface area contributed by atoms with Crippen LogP contribution in [0.2, 0.25) is 0 Å². The van der Waals surface area contributed by atoms with Crippen LogP contribution in [0.3, 0.4) is 0 Å². The van der Waals surface area contributed by atoms with Crippen molar-refractivity contribution in [1.29, 1.82) is 0 Å². The highest BCUT2D eigenvalue weighted by molar-refractivity contribution is 5.82. The Morgan fingerprint density at radius 2 is 2.32 bits per heavy atom. The number of nitrogens with zero attached hydrogens (tertiary/aromatic N) is 1. The van der Waals surface area contributed by atoms with Crippen LogP contribution in [-0.4, -0.2) is 50.1 Å². The highest BCUT2D eigenvalue weighted by Gasteiger charge is 2.25. The molecular formula is C14H20FN3O. The zero-order chi connectivity index (χ0) is 13.7. The number of hydrogen-bond acceptors (Lipinski definition) is 3. The van der Waals surface area contributed by atoms with Gasteiger partial charge in [0.25, 0.3) is 0 Å². The molecule has 1 heterocycles. The summed E-state index contributed by atoms with van der Waals surface area (Å²) in [5.74, 6) is -0.209. The second kappa shape index (κ2) is 6.63. The standard InChI is InChI=1S/C14H20FN3O/c1-18-9-8-16-10-13(18)14(19)17-7-6-11-4-2-3-5-12(11)15/h2-5,13,16H,6-10H2,1H3,(H,17,19). The van der Waals surface area contributed by atoms with Gasteiger partial charge in [0.05, 0.1) is 0 Å². The van der Waals surface area contributed by atoms with Gasteiger partial charge in [-0.1, -0.05) is 18.2 Å². The zero-order valence-electron chi connectivity index (χ0n) is 11.2. The largest absolute Gasteiger partial charge is 0.354 e. The van der Waals surface area contributed by atoms with E-state index in [-0.39, 0.29) is 17.8 Å². The van der Waals surface area contributed by atoms with Crippen molar-refractivity contribution < 1.29 is 9.18 Å². The second-order valence-electron chi connectivity index (χ2n) is 4.83. The van der Waals surface area contributed by atoms with Crippen LogP contribution in [0, 0.1) is 5.82 Å². The summed E-state index contributed by atoms with van der Waals surface area (Å²) in [4.78, 5) is 14.0. The third-order valence-corrected chi connectivity index (χ3v) is 3.47. The monoisotopic (exact) mass is 265 g/mol. The molecule has 1 aromatic rings. The highest BCUT2D eigenvalue weighted by atomic mass is 19.1. The lowest BCUT2D eigenvalue weighted by molar-refractivity contribution is -0.126. The minimum Gasteiger partial charge on any atom is -0.354 e. The van der Waals surface area contributed by atoms with Crippen LogP contribution in [-0.2, 0) is 11.2 Å². The van der Waals surface area contributed by atoms with Gasteiger partial charge in [0, 0.05) is 26.2 Å². The third kappa shape index (κ3) is 3.75. The van der Waals surface area contributed by atoms with Crippen molar-refractivity contribution in [3.63, 3.8) is 0 Å². The predicted molar refractivity (Wildman–Crippen MR) is 72.4 cm³/mol. The van der Waals surface area contributed by atoms with Crippen LogP contribution in [0.5, 0.6) is 0 Å². The van der Waals surface area contributed by atoms with Gasteiger partial charge in [-0.25, -0.2) is 4.39 Å². The molecule has 19 heavy (non-hydrogen) atoms. The number of hydrogen-bond donors (Lipinski definition) is 2. The molecule has 1 amide bonds. The number of piperazine rings is 1. The molecule has 2 rings (SSSR count). The Morgan fingerprint density at radius 3 is 3.05 bits per heavy atom. The first-order valence-electron chi connectivity index (χ1n) is 6.60. The van der Waals surface area contributed by atoms with Gasteiger partial charge in [-0.05, 0) is 25.1 Å². The summed E-state index contributed by atoms with van der Waals surface area (Å²) in [6, 6.07) is 6.53. The topological polar surface area (TPSA) is 44.4 Å². The van der Waals surface area contributed by atoms with Gasteiger partial charge in [0.15, 0.2) is 0 Å². The van der Waals surface area contributed by atoms with E-state index < -0.39 is 0 Å². The molecule has 0 aliphatic carbocycles. The summed E-state index contributed by atoms with van der Waals surface area (Å²) in [6.45, 7) is 2.91. The lowest BCUT2D eigenvalue weighted by atomic mass is 10.1. The zero-order valence-corrected chi connectivity index (χ0v) is 11.2. The molecule has 1 aliphatic heterocycles. The lowest BCUT2D eigenvalue weighted by Gasteiger charge is -2.31. The Balaban J connectivity index is 1.79. The fourth-order valence-corrected chi connectivity index (χ4v) is 2.24. The number of nitrogens with one attached hydrogen (secondary N) is 2. The number of benzene rings is 1. The Hall–Kier alpha value is -1.46. The molecule has 1 unspecified atom stereocenters. The van der Waals surface area contributed by atoms with Crippen molar-refractivity contribution in [2.24, 2.45) is 0 Å². The van der Waals surface area contributed by atoms with Crippen LogP contribution in [0.4, 0.5) is 4.39 Å². The molecule has 4 nitrogen and oxygen atoms in total. The highest BCUT2D eigenvalue weighted by Crippen LogP contribution is 2.06. The molecule has 0 saturated carbocycles. The molecule has 1 atom stereocenters. The minimum atomic E-state index is -0.215. The number of amides is 1. The van der Waals surface area contributed by atoms with Crippen LogP contribution < -0.4 is 10.6 Å². The Morgan fingerprint density at radius 1 is 1.53 bits per heavy atom. The molecule has 0 bridgehead atoms. The van der Waals surface area contributed by atoms with E-state index in [0.29, 0.717) is 25.1 Å². The van der Waals surface area contributed by atoms with E-state index >= 15 is 0 Å². The van der Waals surface area contributed by atoms with Crippen LogP contribution in [0.15, 0.2) is 24.3 Å². The van der Waals surface area contributed by atoms with Crippen molar-refractivity contribution in [2.75, 3.05) is 33.2 Å². The number of carbonyl (C=O) groups is 1. The lowest BCUT2D eigenvalue weighted by Crippen LogP contribution is -2.56. The van der Waals surface area contributed by atoms with E-state index in [4.69, 9.17) is 0 Å². The molecule has 0 radical (unpaired) electrons. The van der Waals surface area contributed by atoms with Gasteiger partial charge in [-0.3, -0.25) is 9.69 Å². The van der Waals surface area contributed by atoms with E-state index in [0.717, 1.165) is 13.1 Å². The normalized spacial score (nSPS) is 20.2. The van der Waals surface area contributed by atoms with Crippen molar-refractivity contribution >= 4 is 5.91 Å². The number of halogens is 1. The Bertz CT molecular complexity index is 438. The van der Waals surface area contributed by atoms with E-state index in [1.807, 2.05) is 11.9 Å². The van der Waals surface area contributed by atoms with Gasteiger partial charge in [-0.2, -0.15) is 0 Å². The third-order valence-electron chi connectivity index (χ3n) is 3.47. The van der Waals surface area contributed by atoms with Crippen molar-refractivity contribution in [3.8, 4) is 0 Å². The average Bonchev–Trinajstić information content (AvgIpc) is 2.41. The van der Waals surface area contributed by atoms with Gasteiger partial charge >= 0.3 is 0 Å². The van der Waals surface area contributed by atoms with Gasteiger partial charge in [0.1, 0.15) is 11.9 Å². The SMILES string of the molecule is CN1CCNCC1C(=O)NCCc1ccccc1F. The van der Waals surface area contributed by atoms with E-state index in [1.54, 1.807) is 18.2 Å². The fraction of sp³-hybridized carbons (Fsp3) is 0.500. The summed E-state index contributed by atoms with van der Waals surface area (Å²) < 4.78 is 13.4. The van der Waals surface area contributed by atoms with E-state index in [1.165, 1.54) is 6.07 Å². The fourth-order valence-electron chi connectivity index (χ4n) is 2.24. The first-order valence-corrected chi connectivity index (χ1v) is 6.60. The van der Waals surface area contributed by atoms with Gasteiger partial charge < -0.3 is 10.6 Å². The smallest absolute Gasteiger partial charge is 0.238 e. The van der Waals surface area contributed by atoms with Crippen molar-refractivity contribution in [2.45, 2.75) is 12.5 Å². The molecule has 0 aromatic heterocycles. The predicted octanol–water partition coefficient (Wildman–Crippen LogP) is 0.388. The van der Waals surface area contributed by atoms with E-state index in [2.05, 4.69) is 10.6 Å². The summed E-state index contributed by atoms with van der Waals surface area (Å²) in [5, 5.41) is 6.07. The maximum absolute atomic E-state index is 13.4. The van der Waals surface area contributed by atoms with Crippen LogP contribution in [0.25, 0.3) is 0 Å². The molecule has 1 aliphatic rings. The molecule has 1 saturated heterocycles. The maximum atomic E-state index is 13.4. The first-order chi connectivity index (χ1) is 9.18. The van der Waals surface area contributed by atoms with Gasteiger partial charge in [-0.15, -0.1) is 0 Å². The van der Waals surface area contributed by atoms with Crippen molar-refractivity contribution in [1.82, 2.24) is 15.5 Å². The minimum absolute atomic E-state index is 0.00559.